The number of hydrogen-bond acceptors (Lipinski definition) is 10. The van der Waals surface area contributed by atoms with Gasteiger partial charge in [0, 0.05) is 85.5 Å². The first-order valence-corrected chi connectivity index (χ1v) is 33.9. The van der Waals surface area contributed by atoms with Crippen molar-refractivity contribution < 1.29 is 23.2 Å². The normalized spacial score (nSPS) is 24.3. The van der Waals surface area contributed by atoms with Crippen LogP contribution < -0.4 is 21.3 Å². The molecule has 12 rings (SSSR count). The van der Waals surface area contributed by atoms with Crippen LogP contribution in [0.3, 0.4) is 0 Å². The highest BCUT2D eigenvalue weighted by Gasteiger charge is 2.46. The molecule has 5 aliphatic carbocycles. The van der Waals surface area contributed by atoms with E-state index in [9.17, 15) is 23.2 Å². The Bertz CT molecular complexity index is 2940. The van der Waals surface area contributed by atoms with Crippen LogP contribution in [0.5, 0.6) is 0 Å². The van der Waals surface area contributed by atoms with Gasteiger partial charge in [0.2, 0.25) is 17.7 Å². The van der Waals surface area contributed by atoms with Gasteiger partial charge in [-0.05, 0) is 199 Å². The average molecular weight is 1230 g/mol. The molecule has 0 bridgehead atoms. The summed E-state index contributed by atoms with van der Waals surface area (Å²) in [6.07, 6.45) is 34.5. The Hall–Kier alpha value is -5.49. The predicted octanol–water partition coefficient (Wildman–Crippen LogP) is 12.2. The van der Waals surface area contributed by atoms with Crippen LogP contribution in [0.2, 0.25) is 10.0 Å². The molecule has 0 unspecified atom stereocenters. The number of benzene rings is 3. The quantitative estimate of drug-likeness (QED) is 0.0589. The van der Waals surface area contributed by atoms with Crippen LogP contribution in [0.25, 0.3) is 0 Å². The predicted molar refractivity (Wildman–Crippen MR) is 337 cm³/mol. The van der Waals surface area contributed by atoms with Gasteiger partial charge >= 0.3 is 0 Å². The number of rotatable bonds is 20. The highest BCUT2D eigenvalue weighted by Crippen LogP contribution is 2.49. The van der Waals surface area contributed by atoms with Crippen molar-refractivity contribution in [2.24, 2.45) is 28.6 Å². The molecule has 87 heavy (non-hydrogen) atoms. The molecule has 3 amide bonds. The highest BCUT2D eigenvalue weighted by atomic mass is 35.5. The van der Waals surface area contributed by atoms with Crippen molar-refractivity contribution in [3.05, 3.63) is 125 Å². The molecule has 2 aliphatic heterocycles. The molecular weight excluding hydrogens is 1140 g/mol. The fraction of sp³-hybridized carbons (Fsp3) is 0.632. The average Bonchev–Trinajstić information content (AvgIpc) is 2.61. The van der Waals surface area contributed by atoms with Crippen LogP contribution in [-0.2, 0) is 40.3 Å². The SMILES string of the molecule is O=C(NC1CCC(N[C@H](Cc2ccc(Cl)cc2)C(=O)N2CCC(Cn3cncn3)(C3CCCCC3)CC2)CC1)C1CC1.O=C([C@@H](Cc1ccc(Cl)cc1)N[C@H]1CC[C@@H](Nc2ccc(F)cc2F)CC1)N1CCC(Cn2cncn2)(C2CCCCC2)CC1. The first-order chi connectivity index (χ1) is 42.3. The monoisotopic (exact) mass is 1230 g/mol. The summed E-state index contributed by atoms with van der Waals surface area (Å²) in [5.41, 5.74) is 2.84. The zero-order valence-corrected chi connectivity index (χ0v) is 52.3. The van der Waals surface area contributed by atoms with Crippen LogP contribution in [0.4, 0.5) is 14.5 Å². The van der Waals surface area contributed by atoms with E-state index in [1.54, 1.807) is 12.7 Å². The number of piperidine rings is 2. The molecule has 4 N–H and O–H groups in total. The largest absolute Gasteiger partial charge is 0.380 e. The van der Waals surface area contributed by atoms with Crippen molar-refractivity contribution in [3.8, 4) is 0 Å². The van der Waals surface area contributed by atoms with Crippen LogP contribution in [0, 0.1) is 40.2 Å². The van der Waals surface area contributed by atoms with Crippen molar-refractivity contribution in [2.75, 3.05) is 31.5 Å². The number of carbonyl (C=O) groups excluding carboxylic acids is 3. The number of likely N-dealkylation sites (tertiary alicyclic amines) is 2. The maximum atomic E-state index is 14.2. The third-order valence-electron chi connectivity index (χ3n) is 21.2. The van der Waals surface area contributed by atoms with Crippen LogP contribution >= 0.6 is 23.2 Å². The Balaban J connectivity index is 0.000000181. The molecule has 19 heteroatoms. The van der Waals surface area contributed by atoms with Gasteiger partial charge in [-0.25, -0.2) is 18.7 Å². The summed E-state index contributed by atoms with van der Waals surface area (Å²) in [5.74, 6) is 1.06. The standard InChI is InChI=1S/C35H45ClF2N6O.C33H47ClN6O2/c36-27-8-6-25(7-9-27)20-33(42-30-13-11-29(12-14-30)41-32-15-10-28(37)21-31(32)38)34(45)43-18-16-35(17-19-43,22-44-24-39-23-40-44)26-4-2-1-3-5-26;34-27-10-6-24(7-11-27)20-30(37-28-12-14-29(15-13-28)38-31(41)25-8-9-25)32(42)39-18-16-33(17-19-39,21-40-23-35-22-36-40)26-4-2-1-3-5-26/h6-10,15,21,23-24,26,29-30,33,41-42H,1-5,11-14,16-20,22H2;6-7,10-11,22-23,25-26,28-30,37H,1-5,8-9,12-21H2,(H,38,41)/t29-,30+,33-;28?,29?,30-/m11/s1. The minimum atomic E-state index is -0.578. The van der Waals surface area contributed by atoms with Gasteiger partial charge in [-0.2, -0.15) is 10.2 Å². The number of aromatic nitrogens is 6. The lowest BCUT2D eigenvalue weighted by molar-refractivity contribution is -0.138. The first kappa shape index (κ1) is 63.1. The molecule has 5 saturated carbocycles. The Kier molecular flexibility index (Phi) is 21.7. The topological polar surface area (TPSA) is 167 Å². The smallest absolute Gasteiger partial charge is 0.240 e. The third kappa shape index (κ3) is 17.1. The van der Waals surface area contributed by atoms with E-state index in [1.165, 1.54) is 76.3 Å². The minimum absolute atomic E-state index is 0.105. The number of amides is 3. The molecule has 2 aromatic heterocycles. The molecule has 470 valence electrons. The molecule has 5 aromatic rings. The van der Waals surface area contributed by atoms with Crippen molar-refractivity contribution in [1.29, 1.82) is 0 Å². The lowest BCUT2D eigenvalue weighted by Crippen LogP contribution is -2.56. The van der Waals surface area contributed by atoms with Crippen molar-refractivity contribution in [3.63, 3.8) is 0 Å². The summed E-state index contributed by atoms with van der Waals surface area (Å²) in [4.78, 5) is 53.3. The number of anilines is 1. The maximum Gasteiger partial charge on any atom is 0.240 e. The summed E-state index contributed by atoms with van der Waals surface area (Å²) >= 11 is 12.3. The van der Waals surface area contributed by atoms with Crippen molar-refractivity contribution in [2.45, 2.75) is 216 Å². The zero-order valence-electron chi connectivity index (χ0n) is 50.8. The molecule has 4 heterocycles. The van der Waals surface area contributed by atoms with E-state index in [0.29, 0.717) is 40.4 Å². The Morgan fingerprint density at radius 2 is 0.954 bits per heavy atom. The molecule has 7 aliphatic rings. The molecular formula is C68H92Cl2F2N12O3. The summed E-state index contributed by atoms with van der Waals surface area (Å²) in [5, 5.41) is 24.4. The van der Waals surface area contributed by atoms with Gasteiger partial charge in [0.25, 0.3) is 0 Å². The second-order valence-corrected chi connectivity index (χ2v) is 27.9. The minimum Gasteiger partial charge on any atom is -0.380 e. The van der Waals surface area contributed by atoms with Gasteiger partial charge in [-0.1, -0.05) is 86.0 Å². The van der Waals surface area contributed by atoms with Gasteiger partial charge in [-0.15, -0.1) is 0 Å². The van der Waals surface area contributed by atoms with E-state index in [0.717, 1.165) is 146 Å². The molecule has 0 radical (unpaired) electrons. The molecule has 3 aromatic carbocycles. The van der Waals surface area contributed by atoms with E-state index in [-0.39, 0.29) is 70.7 Å². The van der Waals surface area contributed by atoms with Gasteiger partial charge in [0.05, 0.1) is 17.8 Å². The second-order valence-electron chi connectivity index (χ2n) is 27.0. The molecule has 7 fully saturated rings. The zero-order chi connectivity index (χ0) is 60.2. The number of nitrogens with zero attached hydrogens (tertiary/aromatic N) is 8. The van der Waals surface area contributed by atoms with Crippen molar-refractivity contribution >= 4 is 46.6 Å². The molecule has 0 spiro atoms. The highest BCUT2D eigenvalue weighted by molar-refractivity contribution is 6.30. The molecule has 15 nitrogen and oxygen atoms in total. The van der Waals surface area contributed by atoms with E-state index in [4.69, 9.17) is 23.2 Å². The molecule has 2 saturated heterocycles. The van der Waals surface area contributed by atoms with E-state index in [2.05, 4.69) is 51.2 Å². The van der Waals surface area contributed by atoms with Crippen molar-refractivity contribution in [1.82, 2.24) is 55.3 Å². The number of nitrogens with one attached hydrogen (secondary N) is 4. The Labute approximate surface area is 523 Å². The lowest BCUT2D eigenvalue weighted by Gasteiger charge is -2.48. The summed E-state index contributed by atoms with van der Waals surface area (Å²) in [7, 11) is 0. The Morgan fingerprint density at radius 1 is 0.529 bits per heavy atom. The van der Waals surface area contributed by atoms with E-state index >= 15 is 0 Å². The Morgan fingerprint density at radius 3 is 1.36 bits per heavy atom. The summed E-state index contributed by atoms with van der Waals surface area (Å²) < 4.78 is 31.6. The number of halogens is 4. The molecule has 2 atom stereocenters. The van der Waals surface area contributed by atoms with Gasteiger partial charge in [-0.3, -0.25) is 23.7 Å². The maximum absolute atomic E-state index is 14.2. The first-order valence-electron chi connectivity index (χ1n) is 33.1. The number of carbonyl (C=O) groups is 3. The van der Waals surface area contributed by atoms with Crippen LogP contribution in [-0.4, -0.2) is 119 Å². The van der Waals surface area contributed by atoms with Crippen LogP contribution in [0.1, 0.15) is 165 Å². The van der Waals surface area contributed by atoms with Crippen LogP contribution in [0.15, 0.2) is 92.0 Å². The summed E-state index contributed by atoms with van der Waals surface area (Å²) in [6, 6.07) is 19.5. The fourth-order valence-electron chi connectivity index (χ4n) is 15.9. The van der Waals surface area contributed by atoms with Gasteiger partial charge < -0.3 is 31.1 Å². The van der Waals surface area contributed by atoms with Gasteiger partial charge in [0.15, 0.2) is 0 Å². The second kappa shape index (κ2) is 29.9. The lowest BCUT2D eigenvalue weighted by atomic mass is 9.63. The third-order valence-corrected chi connectivity index (χ3v) is 21.7. The number of hydrogen-bond donors (Lipinski definition) is 4. The van der Waals surface area contributed by atoms with Gasteiger partial charge in [0.1, 0.15) is 36.9 Å². The fourth-order valence-corrected chi connectivity index (χ4v) is 16.1. The van der Waals surface area contributed by atoms with E-state index in [1.807, 2.05) is 70.5 Å². The summed E-state index contributed by atoms with van der Waals surface area (Å²) in [6.45, 7) is 4.86. The van der Waals surface area contributed by atoms with E-state index < -0.39 is 11.6 Å².